The van der Waals surface area contributed by atoms with Crippen LogP contribution in [0.1, 0.15) is 50.6 Å². The summed E-state index contributed by atoms with van der Waals surface area (Å²) in [7, 11) is 0. The normalized spacial score (nSPS) is 13.9. The van der Waals surface area contributed by atoms with E-state index < -0.39 is 66.2 Å². The molecule has 0 aliphatic carbocycles. The van der Waals surface area contributed by atoms with E-state index in [2.05, 4.69) is 25.9 Å². The van der Waals surface area contributed by atoms with Gasteiger partial charge in [0.1, 0.15) is 18.1 Å². The molecule has 16 nitrogen and oxygen atoms in total. The summed E-state index contributed by atoms with van der Waals surface area (Å²) < 4.78 is 0. The SMILES string of the molecule is NCCCCC(NC(=O)C(CCC(=O)O)NC(=O)C(CCC(N)=O)NC(=O)C(N)Cc1cnc[nH]1)C(=O)O. The van der Waals surface area contributed by atoms with Crippen molar-refractivity contribution >= 4 is 35.6 Å². The molecule has 0 saturated heterocycles. The molecule has 0 aromatic carbocycles. The number of nitrogens with two attached hydrogens (primary N) is 3. The maximum absolute atomic E-state index is 13.0. The third-order valence-corrected chi connectivity index (χ3v) is 5.49. The number of aromatic nitrogens is 2. The van der Waals surface area contributed by atoms with Gasteiger partial charge in [0, 0.05) is 31.2 Å². The highest BCUT2D eigenvalue weighted by Gasteiger charge is 2.30. The number of imidazole rings is 1. The second-order valence-corrected chi connectivity index (χ2v) is 8.63. The molecule has 4 unspecified atom stereocenters. The minimum absolute atomic E-state index is 0.0698. The fourth-order valence-electron chi connectivity index (χ4n) is 3.39. The topological polar surface area (TPSA) is 286 Å². The Kier molecular flexibility index (Phi) is 14.0. The van der Waals surface area contributed by atoms with Gasteiger partial charge in [-0.1, -0.05) is 0 Å². The van der Waals surface area contributed by atoms with E-state index in [4.69, 9.17) is 22.3 Å². The lowest BCUT2D eigenvalue weighted by atomic mass is 10.0. The number of carboxylic acid groups (broad SMARTS) is 2. The second kappa shape index (κ2) is 16.6. The van der Waals surface area contributed by atoms with Crippen molar-refractivity contribution in [1.82, 2.24) is 25.9 Å². The fourth-order valence-corrected chi connectivity index (χ4v) is 3.39. The Morgan fingerprint density at radius 3 is 1.95 bits per heavy atom. The first-order valence-corrected chi connectivity index (χ1v) is 12.0. The fraction of sp³-hybridized carbons (Fsp3) is 0.591. The summed E-state index contributed by atoms with van der Waals surface area (Å²) in [4.78, 5) is 79.1. The zero-order valence-corrected chi connectivity index (χ0v) is 20.9. The van der Waals surface area contributed by atoms with Gasteiger partial charge in [-0.25, -0.2) is 9.78 Å². The van der Waals surface area contributed by atoms with Gasteiger partial charge in [-0.15, -0.1) is 0 Å². The van der Waals surface area contributed by atoms with Crippen molar-refractivity contribution in [2.24, 2.45) is 17.2 Å². The maximum Gasteiger partial charge on any atom is 0.326 e. The van der Waals surface area contributed by atoms with Crippen molar-refractivity contribution in [3.63, 3.8) is 0 Å². The number of carboxylic acids is 2. The number of aliphatic carboxylic acids is 2. The van der Waals surface area contributed by atoms with Crippen LogP contribution in [0.3, 0.4) is 0 Å². The van der Waals surface area contributed by atoms with Gasteiger partial charge in [-0.05, 0) is 38.6 Å². The Labute approximate surface area is 218 Å². The quantitative estimate of drug-likeness (QED) is 0.0801. The van der Waals surface area contributed by atoms with Crippen LogP contribution >= 0.6 is 0 Å². The van der Waals surface area contributed by atoms with E-state index in [-0.39, 0.29) is 32.1 Å². The molecule has 0 radical (unpaired) electrons. The van der Waals surface area contributed by atoms with E-state index >= 15 is 0 Å². The molecule has 1 rings (SSSR count). The molecule has 12 N–H and O–H groups in total. The van der Waals surface area contributed by atoms with Crippen LogP contribution in [0.15, 0.2) is 12.5 Å². The number of hydrogen-bond donors (Lipinski definition) is 9. The van der Waals surface area contributed by atoms with E-state index in [1.165, 1.54) is 12.5 Å². The average molecular weight is 541 g/mol. The predicted molar refractivity (Wildman–Crippen MR) is 132 cm³/mol. The molecule has 0 aliphatic heterocycles. The third kappa shape index (κ3) is 12.3. The summed E-state index contributed by atoms with van der Waals surface area (Å²) >= 11 is 0. The Bertz CT molecular complexity index is 955. The van der Waals surface area contributed by atoms with Crippen LogP contribution in [-0.2, 0) is 35.2 Å². The number of carbonyl (C=O) groups is 6. The molecular weight excluding hydrogens is 504 g/mol. The predicted octanol–water partition coefficient (Wildman–Crippen LogP) is -2.92. The Morgan fingerprint density at radius 2 is 1.45 bits per heavy atom. The molecule has 16 heteroatoms. The lowest BCUT2D eigenvalue weighted by molar-refractivity contribution is -0.143. The highest BCUT2D eigenvalue weighted by molar-refractivity contribution is 5.94. The minimum atomic E-state index is -1.44. The van der Waals surface area contributed by atoms with Crippen LogP contribution in [0.2, 0.25) is 0 Å². The van der Waals surface area contributed by atoms with Crippen LogP contribution in [0.25, 0.3) is 0 Å². The van der Waals surface area contributed by atoms with Gasteiger partial charge in [-0.2, -0.15) is 0 Å². The molecule has 0 fully saturated rings. The van der Waals surface area contributed by atoms with Gasteiger partial charge < -0.3 is 48.3 Å². The van der Waals surface area contributed by atoms with Crippen LogP contribution in [0.5, 0.6) is 0 Å². The van der Waals surface area contributed by atoms with Gasteiger partial charge in [0.05, 0.1) is 12.4 Å². The number of amides is 4. The number of unbranched alkanes of at least 4 members (excludes halogenated alkanes) is 1. The van der Waals surface area contributed by atoms with Gasteiger partial charge in [0.25, 0.3) is 0 Å². The summed E-state index contributed by atoms with van der Waals surface area (Å²) in [6.45, 7) is 0.335. The maximum atomic E-state index is 13.0. The van der Waals surface area contributed by atoms with Crippen LogP contribution < -0.4 is 33.2 Å². The van der Waals surface area contributed by atoms with Crippen molar-refractivity contribution in [3.8, 4) is 0 Å². The molecule has 1 aromatic heterocycles. The van der Waals surface area contributed by atoms with Gasteiger partial charge in [0.2, 0.25) is 23.6 Å². The van der Waals surface area contributed by atoms with Crippen LogP contribution in [-0.4, -0.2) is 86.5 Å². The molecule has 212 valence electrons. The number of hydrogen-bond acceptors (Lipinski definition) is 9. The lowest BCUT2D eigenvalue weighted by Gasteiger charge is -2.25. The Hall–Kier alpha value is -4.05. The molecule has 0 saturated carbocycles. The molecule has 0 bridgehead atoms. The smallest absolute Gasteiger partial charge is 0.326 e. The van der Waals surface area contributed by atoms with E-state index in [0.717, 1.165) is 0 Å². The molecular formula is C22H36N8O8. The first kappa shape index (κ1) is 32.0. The number of H-pyrrole nitrogens is 1. The molecule has 0 spiro atoms. The van der Waals surface area contributed by atoms with E-state index in [1.54, 1.807) is 0 Å². The largest absolute Gasteiger partial charge is 0.481 e. The molecule has 4 atom stereocenters. The van der Waals surface area contributed by atoms with Gasteiger partial charge >= 0.3 is 11.9 Å². The highest BCUT2D eigenvalue weighted by Crippen LogP contribution is 2.07. The summed E-state index contributed by atoms with van der Waals surface area (Å²) in [6, 6.07) is -5.16. The Balaban J connectivity index is 2.98. The molecule has 1 aromatic rings. The van der Waals surface area contributed by atoms with Crippen LogP contribution in [0.4, 0.5) is 0 Å². The standard InChI is InChI=1S/C22H36N8O8/c23-8-2-1-3-16(22(37)38)30-21(36)15(5-7-18(32)33)29-20(35)14(4-6-17(25)31)28-19(34)13(24)9-12-10-26-11-27-12/h10-11,13-16H,1-9,23-24H2,(H2,25,31)(H,26,27)(H,28,34)(H,29,35)(H,30,36)(H,32,33)(H,37,38). The summed E-state index contributed by atoms with van der Waals surface area (Å²) in [5.74, 6) is -5.87. The zero-order valence-electron chi connectivity index (χ0n) is 20.9. The summed E-state index contributed by atoms with van der Waals surface area (Å²) in [5, 5.41) is 25.5. The highest BCUT2D eigenvalue weighted by atomic mass is 16.4. The first-order valence-electron chi connectivity index (χ1n) is 12.0. The third-order valence-electron chi connectivity index (χ3n) is 5.49. The number of nitrogens with one attached hydrogen (secondary N) is 4. The number of nitrogens with zero attached hydrogens (tertiary/aromatic N) is 1. The van der Waals surface area contributed by atoms with Crippen molar-refractivity contribution in [2.45, 2.75) is 75.5 Å². The van der Waals surface area contributed by atoms with Gasteiger partial charge in [0.15, 0.2) is 0 Å². The van der Waals surface area contributed by atoms with Crippen molar-refractivity contribution < 1.29 is 39.0 Å². The summed E-state index contributed by atoms with van der Waals surface area (Å²) in [6.07, 6.45) is 2.56. The van der Waals surface area contributed by atoms with E-state index in [1.807, 2.05) is 0 Å². The van der Waals surface area contributed by atoms with Gasteiger partial charge in [-0.3, -0.25) is 24.0 Å². The number of carbonyl (C=O) groups excluding carboxylic acids is 4. The number of aromatic amines is 1. The van der Waals surface area contributed by atoms with E-state index in [9.17, 15) is 33.9 Å². The molecule has 0 aliphatic rings. The Morgan fingerprint density at radius 1 is 0.868 bits per heavy atom. The molecule has 4 amide bonds. The summed E-state index contributed by atoms with van der Waals surface area (Å²) in [5.41, 5.74) is 17.1. The lowest BCUT2D eigenvalue weighted by Crippen LogP contribution is -2.57. The zero-order chi connectivity index (χ0) is 28.7. The molecule has 38 heavy (non-hydrogen) atoms. The monoisotopic (exact) mass is 540 g/mol. The van der Waals surface area contributed by atoms with E-state index in [0.29, 0.717) is 25.1 Å². The van der Waals surface area contributed by atoms with Crippen molar-refractivity contribution in [2.75, 3.05) is 6.54 Å². The van der Waals surface area contributed by atoms with Crippen molar-refractivity contribution in [1.29, 1.82) is 0 Å². The van der Waals surface area contributed by atoms with Crippen LogP contribution in [0, 0.1) is 0 Å². The second-order valence-electron chi connectivity index (χ2n) is 8.63. The number of rotatable bonds is 19. The number of primary amides is 1. The minimum Gasteiger partial charge on any atom is -0.481 e. The van der Waals surface area contributed by atoms with Crippen molar-refractivity contribution in [3.05, 3.63) is 18.2 Å². The molecule has 1 heterocycles. The first-order chi connectivity index (χ1) is 17.9. The average Bonchev–Trinajstić information content (AvgIpc) is 3.35.